The van der Waals surface area contributed by atoms with Gasteiger partial charge in [-0.15, -0.1) is 0 Å². The number of benzene rings is 2. The largest absolute Gasteiger partial charge is 0.298 e. The van der Waals surface area contributed by atoms with Crippen molar-refractivity contribution < 1.29 is 9.59 Å². The van der Waals surface area contributed by atoms with E-state index in [1.165, 1.54) is 0 Å². The summed E-state index contributed by atoms with van der Waals surface area (Å²) in [7, 11) is 0. The third kappa shape index (κ3) is 2.49. The molecule has 0 saturated heterocycles. The Labute approximate surface area is 132 Å². The fourth-order valence-electron chi connectivity index (χ4n) is 1.81. The topological polar surface area (TPSA) is 34.1 Å². The van der Waals surface area contributed by atoms with E-state index in [1.807, 2.05) is 24.3 Å². The van der Waals surface area contributed by atoms with Crippen molar-refractivity contribution in [3.05, 3.63) is 54.7 Å². The molecule has 0 aliphatic carbocycles. The van der Waals surface area contributed by atoms with Crippen molar-refractivity contribution in [3.8, 4) is 11.1 Å². The van der Waals surface area contributed by atoms with Gasteiger partial charge in [0.25, 0.3) is 0 Å². The lowest BCUT2D eigenvalue weighted by Gasteiger charge is -2.12. The molecule has 2 nitrogen and oxygen atoms in total. The molecule has 2 rings (SSSR count). The highest BCUT2D eigenvalue weighted by molar-refractivity contribution is 14.1. The Morgan fingerprint density at radius 2 is 1.11 bits per heavy atom. The minimum absolute atomic E-state index is 0.606. The maximum absolute atomic E-state index is 11.2. The van der Waals surface area contributed by atoms with Gasteiger partial charge in [-0.25, -0.2) is 0 Å². The zero-order valence-corrected chi connectivity index (χ0v) is 13.5. The van der Waals surface area contributed by atoms with Gasteiger partial charge in [0, 0.05) is 29.4 Å². The van der Waals surface area contributed by atoms with Gasteiger partial charge in [0.15, 0.2) is 12.6 Å². The molecule has 0 aliphatic rings. The summed E-state index contributed by atoms with van der Waals surface area (Å²) in [5, 5.41) is 0. The fourth-order valence-corrected chi connectivity index (χ4v) is 3.38. The maximum atomic E-state index is 11.2. The minimum Gasteiger partial charge on any atom is -0.298 e. The standard InChI is InChI=1S/C14H8I2O2/c15-11-5-1-3-9(7-17)13(11)14-10(8-18)4-2-6-12(14)16/h1-8H. The smallest absolute Gasteiger partial charge is 0.150 e. The average molecular weight is 462 g/mol. The Bertz CT molecular complexity index is 566. The van der Waals surface area contributed by atoms with Gasteiger partial charge >= 0.3 is 0 Å². The lowest BCUT2D eigenvalue weighted by Crippen LogP contribution is -1.97. The van der Waals surface area contributed by atoms with Gasteiger partial charge in [0.2, 0.25) is 0 Å². The number of halogens is 2. The third-order valence-corrected chi connectivity index (χ3v) is 4.39. The molecule has 0 bridgehead atoms. The first-order valence-electron chi connectivity index (χ1n) is 5.16. The summed E-state index contributed by atoms with van der Waals surface area (Å²) in [5.74, 6) is 0. The Morgan fingerprint density at radius 3 is 1.44 bits per heavy atom. The van der Waals surface area contributed by atoms with Crippen molar-refractivity contribution in [2.45, 2.75) is 0 Å². The molecule has 90 valence electrons. The van der Waals surface area contributed by atoms with Crippen LogP contribution in [0.3, 0.4) is 0 Å². The van der Waals surface area contributed by atoms with E-state index in [4.69, 9.17) is 0 Å². The molecule has 0 aromatic heterocycles. The molecule has 0 amide bonds. The first-order valence-corrected chi connectivity index (χ1v) is 7.32. The summed E-state index contributed by atoms with van der Waals surface area (Å²) in [6.07, 6.45) is 1.66. The summed E-state index contributed by atoms with van der Waals surface area (Å²) in [6.45, 7) is 0. The van der Waals surface area contributed by atoms with Crippen LogP contribution < -0.4 is 0 Å². The maximum Gasteiger partial charge on any atom is 0.150 e. The Kier molecular flexibility index (Phi) is 4.50. The van der Waals surface area contributed by atoms with Crippen LogP contribution >= 0.6 is 45.2 Å². The number of rotatable bonds is 3. The van der Waals surface area contributed by atoms with Gasteiger partial charge in [-0.05, 0) is 57.3 Å². The van der Waals surface area contributed by atoms with Gasteiger partial charge in [-0.2, -0.15) is 0 Å². The number of hydrogen-bond donors (Lipinski definition) is 0. The van der Waals surface area contributed by atoms with Gasteiger partial charge in [-0.3, -0.25) is 9.59 Å². The first kappa shape index (κ1) is 13.7. The molecule has 2 aromatic carbocycles. The summed E-state index contributed by atoms with van der Waals surface area (Å²) in [6, 6.07) is 11.1. The van der Waals surface area contributed by atoms with Crippen LogP contribution in [0.2, 0.25) is 0 Å². The molecule has 0 heterocycles. The van der Waals surface area contributed by atoms with Crippen molar-refractivity contribution in [1.29, 1.82) is 0 Å². The second kappa shape index (κ2) is 5.92. The Morgan fingerprint density at radius 1 is 0.722 bits per heavy atom. The molecule has 0 unspecified atom stereocenters. The molecule has 0 saturated carbocycles. The van der Waals surface area contributed by atoms with E-state index < -0.39 is 0 Å². The van der Waals surface area contributed by atoms with Gasteiger partial charge in [0.1, 0.15) is 0 Å². The normalized spacial score (nSPS) is 10.1. The summed E-state index contributed by atoms with van der Waals surface area (Å²) in [4.78, 5) is 22.3. The van der Waals surface area contributed by atoms with Crippen LogP contribution in [-0.4, -0.2) is 12.6 Å². The highest BCUT2D eigenvalue weighted by Gasteiger charge is 2.15. The predicted octanol–water partition coefficient (Wildman–Crippen LogP) is 4.19. The zero-order chi connectivity index (χ0) is 13.1. The van der Waals surface area contributed by atoms with Crippen LogP contribution in [0.25, 0.3) is 11.1 Å². The molecule has 0 aliphatic heterocycles. The second-order valence-electron chi connectivity index (χ2n) is 3.64. The van der Waals surface area contributed by atoms with Crippen molar-refractivity contribution >= 4 is 57.8 Å². The molecule has 0 fully saturated rings. The molecule has 2 aromatic rings. The molecular formula is C14H8I2O2. The van der Waals surface area contributed by atoms with Crippen LogP contribution in [0, 0.1) is 7.14 Å². The molecule has 18 heavy (non-hydrogen) atoms. The van der Waals surface area contributed by atoms with Crippen molar-refractivity contribution in [1.82, 2.24) is 0 Å². The quantitative estimate of drug-likeness (QED) is 0.507. The summed E-state index contributed by atoms with van der Waals surface area (Å²) < 4.78 is 1.92. The van der Waals surface area contributed by atoms with E-state index in [0.717, 1.165) is 30.8 Å². The fraction of sp³-hybridized carbons (Fsp3) is 0. The molecule has 0 radical (unpaired) electrons. The van der Waals surface area contributed by atoms with E-state index >= 15 is 0 Å². The summed E-state index contributed by atoms with van der Waals surface area (Å²) >= 11 is 4.37. The van der Waals surface area contributed by atoms with E-state index in [-0.39, 0.29) is 0 Å². The van der Waals surface area contributed by atoms with Gasteiger partial charge < -0.3 is 0 Å². The monoisotopic (exact) mass is 462 g/mol. The molecular weight excluding hydrogens is 454 g/mol. The number of carbonyl (C=O) groups excluding carboxylic acids is 2. The van der Waals surface area contributed by atoms with E-state index in [9.17, 15) is 9.59 Å². The molecule has 0 atom stereocenters. The number of hydrogen-bond acceptors (Lipinski definition) is 2. The van der Waals surface area contributed by atoms with Crippen molar-refractivity contribution in [3.63, 3.8) is 0 Å². The van der Waals surface area contributed by atoms with E-state index in [1.54, 1.807) is 12.1 Å². The zero-order valence-electron chi connectivity index (χ0n) is 9.19. The lowest BCUT2D eigenvalue weighted by molar-refractivity contribution is 0.111. The highest BCUT2D eigenvalue weighted by atomic mass is 127. The SMILES string of the molecule is O=Cc1cccc(I)c1-c1c(I)cccc1C=O. The van der Waals surface area contributed by atoms with Crippen molar-refractivity contribution in [2.75, 3.05) is 0 Å². The molecule has 0 N–H and O–H groups in total. The molecule has 4 heteroatoms. The van der Waals surface area contributed by atoms with Crippen LogP contribution in [0.1, 0.15) is 20.7 Å². The average Bonchev–Trinajstić information content (AvgIpc) is 2.38. The van der Waals surface area contributed by atoms with E-state index in [2.05, 4.69) is 45.2 Å². The minimum atomic E-state index is 0.606. The Balaban J connectivity index is 2.84. The van der Waals surface area contributed by atoms with Crippen LogP contribution in [0.5, 0.6) is 0 Å². The lowest BCUT2D eigenvalue weighted by atomic mass is 9.96. The number of aldehydes is 2. The Hall–Kier alpha value is -0.760. The second-order valence-corrected chi connectivity index (χ2v) is 5.97. The van der Waals surface area contributed by atoms with Crippen LogP contribution in [-0.2, 0) is 0 Å². The van der Waals surface area contributed by atoms with Crippen LogP contribution in [0.15, 0.2) is 36.4 Å². The van der Waals surface area contributed by atoms with Crippen molar-refractivity contribution in [2.24, 2.45) is 0 Å². The van der Waals surface area contributed by atoms with Gasteiger partial charge in [0.05, 0.1) is 0 Å². The first-order chi connectivity index (χ1) is 8.69. The highest BCUT2D eigenvalue weighted by Crippen LogP contribution is 2.33. The summed E-state index contributed by atoms with van der Waals surface area (Å²) in [5.41, 5.74) is 2.88. The molecule has 0 spiro atoms. The van der Waals surface area contributed by atoms with Crippen LogP contribution in [0.4, 0.5) is 0 Å². The number of carbonyl (C=O) groups is 2. The van der Waals surface area contributed by atoms with Gasteiger partial charge in [-0.1, -0.05) is 24.3 Å². The van der Waals surface area contributed by atoms with E-state index in [0.29, 0.717) is 11.1 Å². The predicted molar refractivity (Wildman–Crippen MR) is 88.1 cm³/mol. The third-order valence-electron chi connectivity index (χ3n) is 2.60.